The number of aliphatic hydroxyl groups excluding tert-OH is 1. The summed E-state index contributed by atoms with van der Waals surface area (Å²) >= 11 is 0. The van der Waals surface area contributed by atoms with E-state index in [-0.39, 0.29) is 0 Å². The first-order valence-corrected chi connectivity index (χ1v) is 1.49. The normalized spacial score (nSPS) is 8.40. The van der Waals surface area contributed by atoms with E-state index >= 15 is 0 Å². The van der Waals surface area contributed by atoms with Crippen LogP contribution in [0.5, 0.6) is 0 Å². The average Bonchev–Trinajstić information content (AvgIpc) is 1.41. The molecule has 5 heavy (non-hydrogen) atoms. The van der Waals surface area contributed by atoms with Crippen LogP contribution in [-0.4, -0.2) is 11.7 Å². The summed E-state index contributed by atoms with van der Waals surface area (Å²) in [7, 11) is 0. The van der Waals surface area contributed by atoms with Crippen molar-refractivity contribution >= 4 is 0 Å². The molecule has 0 aromatic rings. The second-order valence-corrected chi connectivity index (χ2v) is 0.697. The zero-order valence-electron chi connectivity index (χ0n) is 2.94. The topological polar surface area (TPSA) is 46.2 Å². The predicted molar refractivity (Wildman–Crippen MR) is 18.9 cm³/mol. The van der Waals surface area contributed by atoms with Gasteiger partial charge in [-0.2, -0.15) is 0 Å². The van der Waals surface area contributed by atoms with Crippen LogP contribution in [0.2, 0.25) is 0 Å². The summed E-state index contributed by atoms with van der Waals surface area (Å²) in [5, 5.41) is 7.74. The van der Waals surface area contributed by atoms with E-state index in [4.69, 9.17) is 10.8 Å². The molecular formula is C3H7NO. The lowest BCUT2D eigenvalue weighted by Gasteiger charge is -1.77. The van der Waals surface area contributed by atoms with Crippen molar-refractivity contribution in [3.8, 4) is 0 Å². The van der Waals surface area contributed by atoms with Crippen molar-refractivity contribution in [2.45, 2.75) is 6.42 Å². The number of hydrogen-bond donors (Lipinski definition) is 2. The molecule has 2 heteroatoms. The Morgan fingerprint density at radius 2 is 2.40 bits per heavy atom. The Bertz CT molecular complexity index is 14.4. The van der Waals surface area contributed by atoms with Gasteiger partial charge in [0, 0.05) is 0 Å². The molecule has 0 atom stereocenters. The Hall–Kier alpha value is -0.0800. The first kappa shape index (κ1) is 4.92. The molecule has 0 unspecified atom stereocenters. The molecule has 0 aromatic carbocycles. The summed E-state index contributed by atoms with van der Waals surface area (Å²) < 4.78 is 0. The summed E-state index contributed by atoms with van der Waals surface area (Å²) in [6.07, 6.45) is 0.472. The quantitative estimate of drug-likeness (QED) is 0.473. The Balaban J connectivity index is 2.19. The van der Waals surface area contributed by atoms with E-state index in [0.29, 0.717) is 13.0 Å². The van der Waals surface area contributed by atoms with Crippen molar-refractivity contribution in [3.63, 3.8) is 0 Å². The van der Waals surface area contributed by atoms with Gasteiger partial charge < -0.3 is 10.8 Å². The Labute approximate surface area is 31.6 Å². The average molecular weight is 73.1 g/mol. The fraction of sp³-hybridized carbons (Fsp3) is 0.667. The molecule has 0 aliphatic heterocycles. The van der Waals surface area contributed by atoms with Crippen LogP contribution in [0.3, 0.4) is 0 Å². The Morgan fingerprint density at radius 1 is 1.80 bits per heavy atom. The summed E-state index contributed by atoms with van der Waals surface area (Å²) in [5.74, 6) is 0. The molecule has 0 fully saturated rings. The molecule has 2 nitrogen and oxygen atoms in total. The SMILES string of the molecule is NCC[C]O. The summed E-state index contributed by atoms with van der Waals surface area (Å²) in [6.45, 7) is 2.38. The molecule has 0 aromatic heterocycles. The third kappa shape index (κ3) is 3.92. The molecule has 0 heterocycles. The highest BCUT2D eigenvalue weighted by molar-refractivity contribution is 4.43. The fourth-order valence-electron chi connectivity index (χ4n) is 0.0645. The molecule has 0 amide bonds. The van der Waals surface area contributed by atoms with Crippen LogP contribution < -0.4 is 5.73 Å². The molecule has 0 saturated carbocycles. The lowest BCUT2D eigenvalue weighted by molar-refractivity contribution is 0.377. The summed E-state index contributed by atoms with van der Waals surface area (Å²) in [6, 6.07) is 0. The van der Waals surface area contributed by atoms with Gasteiger partial charge in [0.1, 0.15) is 6.61 Å². The van der Waals surface area contributed by atoms with E-state index in [1.54, 1.807) is 0 Å². The van der Waals surface area contributed by atoms with Gasteiger partial charge in [-0.1, -0.05) is 0 Å². The van der Waals surface area contributed by atoms with Crippen molar-refractivity contribution in [1.82, 2.24) is 0 Å². The van der Waals surface area contributed by atoms with E-state index in [0.717, 1.165) is 0 Å². The van der Waals surface area contributed by atoms with Crippen LogP contribution in [0.4, 0.5) is 0 Å². The standard InChI is InChI=1S/C3H7NO/c4-2-1-3-5/h5H,1-2,4H2. The molecule has 0 aliphatic rings. The second kappa shape index (κ2) is 3.92. The van der Waals surface area contributed by atoms with Crippen LogP contribution in [0.25, 0.3) is 0 Å². The highest BCUT2D eigenvalue weighted by atomic mass is 16.2. The molecule has 0 aliphatic carbocycles. The van der Waals surface area contributed by atoms with Gasteiger partial charge in [0.2, 0.25) is 0 Å². The number of nitrogens with two attached hydrogens (primary N) is 1. The van der Waals surface area contributed by atoms with E-state index in [9.17, 15) is 0 Å². The third-order valence-electron chi connectivity index (χ3n) is 0.256. The zero-order chi connectivity index (χ0) is 4.12. The molecule has 2 radical (unpaired) electrons. The van der Waals surface area contributed by atoms with Crippen molar-refractivity contribution in [3.05, 3.63) is 6.61 Å². The van der Waals surface area contributed by atoms with E-state index in [2.05, 4.69) is 0 Å². The van der Waals surface area contributed by atoms with Crippen LogP contribution in [0, 0.1) is 6.61 Å². The maximum Gasteiger partial charge on any atom is 0.129 e. The molecule has 0 saturated heterocycles. The first-order chi connectivity index (χ1) is 2.41. The first-order valence-electron chi connectivity index (χ1n) is 1.49. The predicted octanol–water partition coefficient (Wildman–Crippen LogP) is -0.254. The number of aliphatic hydroxyl groups is 1. The van der Waals surface area contributed by atoms with Crippen LogP contribution >= 0.6 is 0 Å². The monoisotopic (exact) mass is 73.1 g/mol. The molecule has 0 bridgehead atoms. The largest absolute Gasteiger partial charge is 0.384 e. The molecule has 0 spiro atoms. The van der Waals surface area contributed by atoms with Gasteiger partial charge >= 0.3 is 0 Å². The number of hydrogen-bond acceptors (Lipinski definition) is 2. The van der Waals surface area contributed by atoms with Gasteiger partial charge in [-0.3, -0.25) is 0 Å². The van der Waals surface area contributed by atoms with Gasteiger partial charge in [-0.05, 0) is 13.0 Å². The van der Waals surface area contributed by atoms with Gasteiger partial charge in [0.15, 0.2) is 0 Å². The van der Waals surface area contributed by atoms with Crippen LogP contribution in [-0.2, 0) is 0 Å². The lowest BCUT2D eigenvalue weighted by Crippen LogP contribution is -1.96. The molecule has 0 rings (SSSR count). The summed E-state index contributed by atoms with van der Waals surface area (Å²) in [5.41, 5.74) is 4.92. The zero-order valence-corrected chi connectivity index (χ0v) is 2.94. The van der Waals surface area contributed by atoms with Crippen molar-refractivity contribution in [2.24, 2.45) is 5.73 Å². The minimum Gasteiger partial charge on any atom is -0.384 e. The molecular weight excluding hydrogens is 66.0 g/mol. The van der Waals surface area contributed by atoms with E-state index in [1.165, 1.54) is 0 Å². The summed E-state index contributed by atoms with van der Waals surface area (Å²) in [4.78, 5) is 0. The van der Waals surface area contributed by atoms with E-state index in [1.807, 2.05) is 6.61 Å². The van der Waals surface area contributed by atoms with Gasteiger partial charge in [0.25, 0.3) is 0 Å². The molecule has 30 valence electrons. The Morgan fingerprint density at radius 3 is 2.40 bits per heavy atom. The van der Waals surface area contributed by atoms with Crippen molar-refractivity contribution in [2.75, 3.05) is 6.54 Å². The van der Waals surface area contributed by atoms with Crippen molar-refractivity contribution < 1.29 is 5.11 Å². The van der Waals surface area contributed by atoms with Gasteiger partial charge in [0.05, 0.1) is 0 Å². The second-order valence-electron chi connectivity index (χ2n) is 0.697. The van der Waals surface area contributed by atoms with Crippen LogP contribution in [0.1, 0.15) is 6.42 Å². The number of rotatable bonds is 2. The maximum atomic E-state index is 7.74. The highest BCUT2D eigenvalue weighted by Crippen LogP contribution is 1.70. The third-order valence-corrected chi connectivity index (χ3v) is 0.256. The minimum atomic E-state index is 0.472. The molecule has 3 N–H and O–H groups in total. The van der Waals surface area contributed by atoms with E-state index < -0.39 is 0 Å². The highest BCUT2D eigenvalue weighted by Gasteiger charge is 1.71. The van der Waals surface area contributed by atoms with Crippen molar-refractivity contribution in [1.29, 1.82) is 0 Å². The maximum absolute atomic E-state index is 7.74. The van der Waals surface area contributed by atoms with Gasteiger partial charge in [-0.15, -0.1) is 0 Å². The van der Waals surface area contributed by atoms with Crippen LogP contribution in [0.15, 0.2) is 0 Å². The Kier molecular flexibility index (Phi) is 3.86. The minimum absolute atomic E-state index is 0.472. The van der Waals surface area contributed by atoms with Gasteiger partial charge in [-0.25, -0.2) is 0 Å². The smallest absolute Gasteiger partial charge is 0.129 e. The fourth-order valence-corrected chi connectivity index (χ4v) is 0.0645. The lowest BCUT2D eigenvalue weighted by atomic mass is 10.5.